The Hall–Kier alpha value is -3.59. The molecule has 3 aromatic rings. The van der Waals surface area contributed by atoms with Crippen LogP contribution in [0.3, 0.4) is 0 Å². The number of halogens is 3. The van der Waals surface area contributed by atoms with Crippen molar-refractivity contribution in [1.29, 1.82) is 5.26 Å². The fourth-order valence-corrected chi connectivity index (χ4v) is 4.02. The Bertz CT molecular complexity index is 1220. The third kappa shape index (κ3) is 5.25. The number of benzene rings is 1. The van der Waals surface area contributed by atoms with E-state index in [0.717, 1.165) is 17.8 Å². The lowest BCUT2D eigenvalue weighted by Gasteiger charge is -2.13. The molecule has 0 radical (unpaired) electrons. The van der Waals surface area contributed by atoms with Crippen LogP contribution in [0.15, 0.2) is 29.3 Å². The van der Waals surface area contributed by atoms with Crippen LogP contribution >= 0.6 is 11.8 Å². The van der Waals surface area contributed by atoms with Crippen LogP contribution in [0.25, 0.3) is 11.3 Å². The number of carbonyl (C=O) groups is 1. The summed E-state index contributed by atoms with van der Waals surface area (Å²) in [4.78, 5) is 15.8. The van der Waals surface area contributed by atoms with E-state index in [-0.39, 0.29) is 39.9 Å². The van der Waals surface area contributed by atoms with Crippen LogP contribution in [0.4, 0.5) is 13.2 Å². The van der Waals surface area contributed by atoms with Crippen molar-refractivity contribution in [2.75, 3.05) is 13.7 Å². The number of alkyl halides is 3. The first-order chi connectivity index (χ1) is 15.7. The van der Waals surface area contributed by atoms with Gasteiger partial charge in [-0.1, -0.05) is 0 Å². The van der Waals surface area contributed by atoms with Crippen molar-refractivity contribution in [1.82, 2.24) is 20.4 Å². The highest BCUT2D eigenvalue weighted by atomic mass is 32.2. The fraction of sp³-hybridized carbons (Fsp3) is 0.286. The van der Waals surface area contributed by atoms with Crippen molar-refractivity contribution < 1.29 is 27.4 Å². The molecule has 1 N–H and O–H groups in total. The van der Waals surface area contributed by atoms with Crippen LogP contribution in [0.5, 0.6) is 5.75 Å². The zero-order valence-electron chi connectivity index (χ0n) is 17.8. The quantitative estimate of drug-likeness (QED) is 0.390. The van der Waals surface area contributed by atoms with E-state index in [9.17, 15) is 23.2 Å². The van der Waals surface area contributed by atoms with E-state index < -0.39 is 17.8 Å². The molecule has 0 atom stereocenters. The molecule has 0 fully saturated rings. The molecule has 2 heterocycles. The molecule has 33 heavy (non-hydrogen) atoms. The Morgan fingerprint density at radius 1 is 1.27 bits per heavy atom. The molecule has 0 amide bonds. The normalized spacial score (nSPS) is 11.2. The Kier molecular flexibility index (Phi) is 7.23. The number of nitrogens with one attached hydrogen (secondary N) is 1. The first kappa shape index (κ1) is 24.1. The Morgan fingerprint density at radius 3 is 2.67 bits per heavy atom. The number of hydrogen-bond donors (Lipinski definition) is 1. The van der Waals surface area contributed by atoms with Gasteiger partial charge in [0.25, 0.3) is 0 Å². The lowest BCUT2D eigenvalue weighted by molar-refractivity contribution is -0.141. The highest BCUT2D eigenvalue weighted by molar-refractivity contribution is 7.98. The van der Waals surface area contributed by atoms with Crippen molar-refractivity contribution in [3.8, 4) is 23.1 Å². The molecule has 8 nitrogen and oxygen atoms in total. The van der Waals surface area contributed by atoms with Gasteiger partial charge in [0, 0.05) is 16.9 Å². The summed E-state index contributed by atoms with van der Waals surface area (Å²) in [6.07, 6.45) is -4.64. The molecule has 0 saturated heterocycles. The SMILES string of the molecule is CCOC(=O)c1n[nH]nc1-c1ccc(OC)c(CSc2nc(C(F)(F)F)cc(C)c2C#N)c1. The number of aromatic amines is 1. The molecule has 0 bridgehead atoms. The van der Waals surface area contributed by atoms with Gasteiger partial charge < -0.3 is 9.47 Å². The number of pyridine rings is 1. The highest BCUT2D eigenvalue weighted by Crippen LogP contribution is 2.36. The van der Waals surface area contributed by atoms with Gasteiger partial charge in [0.2, 0.25) is 0 Å². The van der Waals surface area contributed by atoms with Gasteiger partial charge in [0.15, 0.2) is 5.69 Å². The summed E-state index contributed by atoms with van der Waals surface area (Å²) < 4.78 is 50.0. The van der Waals surface area contributed by atoms with E-state index >= 15 is 0 Å². The second kappa shape index (κ2) is 9.91. The summed E-state index contributed by atoms with van der Waals surface area (Å²) in [6, 6.07) is 7.76. The van der Waals surface area contributed by atoms with Gasteiger partial charge in [-0.15, -0.1) is 16.9 Å². The predicted octanol–water partition coefficient (Wildman–Crippen LogP) is 4.54. The van der Waals surface area contributed by atoms with Crippen molar-refractivity contribution in [2.24, 2.45) is 0 Å². The van der Waals surface area contributed by atoms with Gasteiger partial charge in [0.05, 0.1) is 19.3 Å². The second-order valence-electron chi connectivity index (χ2n) is 6.67. The average Bonchev–Trinajstić information content (AvgIpc) is 3.27. The van der Waals surface area contributed by atoms with Crippen molar-refractivity contribution in [3.63, 3.8) is 0 Å². The minimum absolute atomic E-state index is 0.00237. The molecule has 0 unspecified atom stereocenters. The lowest BCUT2D eigenvalue weighted by atomic mass is 10.1. The average molecular weight is 477 g/mol. The van der Waals surface area contributed by atoms with E-state index in [4.69, 9.17) is 9.47 Å². The molecule has 2 aromatic heterocycles. The van der Waals surface area contributed by atoms with Crippen LogP contribution in [0.1, 0.15) is 39.8 Å². The summed E-state index contributed by atoms with van der Waals surface area (Å²) in [5, 5.41) is 19.6. The molecule has 172 valence electrons. The minimum Gasteiger partial charge on any atom is -0.496 e. The maximum atomic E-state index is 13.2. The summed E-state index contributed by atoms with van der Waals surface area (Å²) in [5.41, 5.74) is 0.573. The second-order valence-corrected chi connectivity index (χ2v) is 7.63. The van der Waals surface area contributed by atoms with E-state index in [2.05, 4.69) is 20.4 Å². The van der Waals surface area contributed by atoms with Crippen LogP contribution < -0.4 is 4.74 Å². The number of methoxy groups -OCH3 is 1. The molecule has 3 rings (SSSR count). The van der Waals surface area contributed by atoms with E-state index in [0.29, 0.717) is 16.9 Å². The van der Waals surface area contributed by atoms with Gasteiger partial charge in [-0.2, -0.15) is 28.7 Å². The first-order valence-electron chi connectivity index (χ1n) is 9.56. The standard InChI is InChI=1S/C21H18F3N5O3S/c1-4-32-20(30)18-17(27-29-28-18)12-5-6-15(31-3)13(8-12)10-33-19-14(9-25)11(2)7-16(26-19)21(22,23)24/h5-8H,4,10H2,1-3H3,(H,27,28,29). The molecule has 12 heteroatoms. The number of H-pyrrole nitrogens is 1. The van der Waals surface area contributed by atoms with Gasteiger partial charge in [-0.25, -0.2) is 9.78 Å². The Balaban J connectivity index is 1.96. The minimum atomic E-state index is -4.64. The van der Waals surface area contributed by atoms with Crippen molar-refractivity contribution >= 4 is 17.7 Å². The Morgan fingerprint density at radius 2 is 2.03 bits per heavy atom. The summed E-state index contributed by atoms with van der Waals surface area (Å²) in [6.45, 7) is 3.27. The summed E-state index contributed by atoms with van der Waals surface area (Å²) in [5.74, 6) is -0.0311. The first-order valence-corrected chi connectivity index (χ1v) is 10.5. The molecule has 0 aliphatic carbocycles. The predicted molar refractivity (Wildman–Crippen MR) is 113 cm³/mol. The van der Waals surface area contributed by atoms with Crippen molar-refractivity contribution in [3.05, 3.63) is 52.3 Å². The molecule has 0 aliphatic rings. The number of thioether (sulfide) groups is 1. The molecule has 0 aliphatic heterocycles. The highest BCUT2D eigenvalue weighted by Gasteiger charge is 2.34. The maximum Gasteiger partial charge on any atom is 0.433 e. The third-order valence-electron chi connectivity index (χ3n) is 4.52. The van der Waals surface area contributed by atoms with Crippen LogP contribution in [-0.2, 0) is 16.7 Å². The number of hydrogen-bond acceptors (Lipinski definition) is 8. The number of nitriles is 1. The number of aromatic nitrogens is 4. The summed E-state index contributed by atoms with van der Waals surface area (Å²) in [7, 11) is 1.46. The van der Waals surface area contributed by atoms with Crippen LogP contribution in [-0.4, -0.2) is 40.1 Å². The van der Waals surface area contributed by atoms with Crippen molar-refractivity contribution in [2.45, 2.75) is 30.8 Å². The van der Waals surface area contributed by atoms with Crippen LogP contribution in [0, 0.1) is 18.3 Å². The number of aryl methyl sites for hydroxylation is 1. The monoisotopic (exact) mass is 477 g/mol. The molecule has 1 aromatic carbocycles. The Labute approximate surface area is 191 Å². The molecular weight excluding hydrogens is 459 g/mol. The third-order valence-corrected chi connectivity index (χ3v) is 5.54. The number of carbonyl (C=O) groups excluding carboxylic acids is 1. The number of rotatable bonds is 7. The fourth-order valence-electron chi connectivity index (χ4n) is 2.99. The smallest absolute Gasteiger partial charge is 0.433 e. The summed E-state index contributed by atoms with van der Waals surface area (Å²) >= 11 is 0.974. The van der Waals surface area contributed by atoms with Gasteiger partial charge in [0.1, 0.15) is 28.2 Å². The number of ether oxygens (including phenoxy) is 2. The van der Waals surface area contributed by atoms with Crippen LogP contribution in [0.2, 0.25) is 0 Å². The van der Waals surface area contributed by atoms with E-state index in [1.54, 1.807) is 25.1 Å². The number of nitrogens with zero attached hydrogens (tertiary/aromatic N) is 4. The zero-order valence-corrected chi connectivity index (χ0v) is 18.6. The largest absolute Gasteiger partial charge is 0.496 e. The van der Waals surface area contributed by atoms with Gasteiger partial charge in [-0.3, -0.25) is 0 Å². The van der Waals surface area contributed by atoms with Gasteiger partial charge >= 0.3 is 12.1 Å². The van der Waals surface area contributed by atoms with Gasteiger partial charge in [-0.05, 0) is 43.7 Å². The molecular formula is C21H18F3N5O3S. The molecule has 0 spiro atoms. The maximum absolute atomic E-state index is 13.2. The lowest BCUT2D eigenvalue weighted by Crippen LogP contribution is -2.10. The molecule has 0 saturated carbocycles. The van der Waals surface area contributed by atoms with E-state index in [1.165, 1.54) is 14.0 Å². The topological polar surface area (TPSA) is 114 Å². The van der Waals surface area contributed by atoms with E-state index in [1.807, 2.05) is 6.07 Å². The zero-order chi connectivity index (χ0) is 24.2. The number of esters is 1.